The number of anilines is 1. The second-order valence-corrected chi connectivity index (χ2v) is 4.20. The lowest BCUT2D eigenvalue weighted by molar-refractivity contribution is -0.152. The molecule has 0 bridgehead atoms. The van der Waals surface area contributed by atoms with Crippen molar-refractivity contribution in [3.63, 3.8) is 0 Å². The number of carbonyl (C=O) groups excluding carboxylic acids is 2. The lowest BCUT2D eigenvalue weighted by Crippen LogP contribution is -2.25. The van der Waals surface area contributed by atoms with Gasteiger partial charge in [0.2, 0.25) is 0 Å². The number of methoxy groups -OCH3 is 1. The maximum Gasteiger partial charge on any atom is 0.397 e. The number of esters is 1. The first kappa shape index (κ1) is 15.0. The zero-order chi connectivity index (χ0) is 14.6. The van der Waals surface area contributed by atoms with Gasteiger partial charge in [-0.05, 0) is 50.5 Å². The first-order valence-corrected chi connectivity index (χ1v) is 6.05. The average Bonchev–Trinajstić information content (AvgIpc) is 2.36. The van der Waals surface area contributed by atoms with Gasteiger partial charge in [0.05, 0.1) is 13.7 Å². The number of benzene rings is 1. The fourth-order valence-corrected chi connectivity index (χ4v) is 1.87. The molecule has 0 aliphatic carbocycles. The van der Waals surface area contributed by atoms with Crippen molar-refractivity contribution in [2.75, 3.05) is 19.0 Å². The molecule has 0 radical (unpaired) electrons. The molecule has 0 heterocycles. The Morgan fingerprint density at radius 2 is 1.84 bits per heavy atom. The van der Waals surface area contributed by atoms with E-state index >= 15 is 0 Å². The van der Waals surface area contributed by atoms with Crippen LogP contribution < -0.4 is 10.1 Å². The minimum atomic E-state index is -0.881. The monoisotopic (exact) mass is 265 g/mol. The molecule has 1 rings (SSSR count). The maximum absolute atomic E-state index is 11.6. The molecule has 1 aromatic rings. The summed E-state index contributed by atoms with van der Waals surface area (Å²) in [5.41, 5.74) is 3.28. The van der Waals surface area contributed by atoms with Gasteiger partial charge in [0.25, 0.3) is 0 Å². The van der Waals surface area contributed by atoms with Crippen LogP contribution in [-0.4, -0.2) is 25.6 Å². The van der Waals surface area contributed by atoms with Crippen molar-refractivity contribution in [1.82, 2.24) is 0 Å². The molecule has 0 aliphatic rings. The quantitative estimate of drug-likeness (QED) is 0.671. The summed E-state index contributed by atoms with van der Waals surface area (Å²) in [5, 5.41) is 2.56. The van der Waals surface area contributed by atoms with Gasteiger partial charge in [0.1, 0.15) is 5.75 Å². The molecular formula is C14H19NO4. The van der Waals surface area contributed by atoms with Crippen molar-refractivity contribution in [3.05, 3.63) is 22.8 Å². The predicted octanol–water partition coefficient (Wildman–Crippen LogP) is 2.12. The fourth-order valence-electron chi connectivity index (χ4n) is 1.87. The third-order valence-electron chi connectivity index (χ3n) is 2.94. The molecular weight excluding hydrogens is 246 g/mol. The summed E-state index contributed by atoms with van der Waals surface area (Å²) in [6.07, 6.45) is 0. The number of nitrogens with one attached hydrogen (secondary N) is 1. The fraction of sp³-hybridized carbons (Fsp3) is 0.429. The first-order chi connectivity index (χ1) is 8.92. The highest BCUT2D eigenvalue weighted by molar-refractivity contribution is 6.37. The third-order valence-corrected chi connectivity index (χ3v) is 2.94. The molecule has 0 aliphatic heterocycles. The predicted molar refractivity (Wildman–Crippen MR) is 72.5 cm³/mol. The van der Waals surface area contributed by atoms with Crippen LogP contribution >= 0.6 is 0 Å². The average molecular weight is 265 g/mol. The van der Waals surface area contributed by atoms with Gasteiger partial charge in [0.15, 0.2) is 0 Å². The first-order valence-electron chi connectivity index (χ1n) is 6.05. The van der Waals surface area contributed by atoms with Crippen molar-refractivity contribution in [3.8, 4) is 5.75 Å². The highest BCUT2D eigenvalue weighted by Gasteiger charge is 2.18. The van der Waals surface area contributed by atoms with Gasteiger partial charge in [0, 0.05) is 5.69 Å². The van der Waals surface area contributed by atoms with E-state index in [1.807, 2.05) is 20.8 Å². The summed E-state index contributed by atoms with van der Waals surface area (Å²) in [6.45, 7) is 7.47. The Kier molecular flexibility index (Phi) is 4.92. The van der Waals surface area contributed by atoms with E-state index in [2.05, 4.69) is 10.1 Å². The number of rotatable bonds is 3. The zero-order valence-electron chi connectivity index (χ0n) is 11.9. The van der Waals surface area contributed by atoms with Crippen molar-refractivity contribution < 1.29 is 19.1 Å². The second-order valence-electron chi connectivity index (χ2n) is 4.20. The Balaban J connectivity index is 3.03. The van der Waals surface area contributed by atoms with Gasteiger partial charge in [-0.1, -0.05) is 0 Å². The number of carbonyl (C=O) groups is 2. The molecule has 0 aromatic heterocycles. The second kappa shape index (κ2) is 6.22. The molecule has 1 aromatic carbocycles. The molecule has 0 fully saturated rings. The minimum Gasteiger partial charge on any atom is -0.496 e. The van der Waals surface area contributed by atoms with Crippen molar-refractivity contribution in [1.29, 1.82) is 0 Å². The van der Waals surface area contributed by atoms with E-state index < -0.39 is 11.9 Å². The number of amides is 1. The van der Waals surface area contributed by atoms with Crippen LogP contribution in [0, 0.1) is 20.8 Å². The van der Waals surface area contributed by atoms with Gasteiger partial charge in [-0.15, -0.1) is 0 Å². The standard InChI is InChI=1S/C14H19NO4/c1-6-19-14(17)13(16)15-11-7-8(2)12(18-5)10(4)9(11)3/h7H,6H2,1-5H3,(H,15,16). The Morgan fingerprint density at radius 1 is 1.21 bits per heavy atom. The molecule has 5 heteroatoms. The highest BCUT2D eigenvalue weighted by Crippen LogP contribution is 2.31. The highest BCUT2D eigenvalue weighted by atomic mass is 16.5. The largest absolute Gasteiger partial charge is 0.496 e. The van der Waals surface area contributed by atoms with Crippen LogP contribution in [0.25, 0.3) is 0 Å². The molecule has 0 atom stereocenters. The van der Waals surface area contributed by atoms with E-state index in [-0.39, 0.29) is 6.61 Å². The lowest BCUT2D eigenvalue weighted by Gasteiger charge is -2.15. The van der Waals surface area contributed by atoms with Gasteiger partial charge >= 0.3 is 11.9 Å². The number of ether oxygens (including phenoxy) is 2. The van der Waals surface area contributed by atoms with E-state index in [1.54, 1.807) is 20.1 Å². The van der Waals surface area contributed by atoms with Gasteiger partial charge in [-0.3, -0.25) is 4.79 Å². The van der Waals surface area contributed by atoms with Crippen LogP contribution in [0.1, 0.15) is 23.6 Å². The van der Waals surface area contributed by atoms with Crippen LogP contribution in [0.5, 0.6) is 5.75 Å². The van der Waals surface area contributed by atoms with Gasteiger partial charge in [-0.2, -0.15) is 0 Å². The summed E-state index contributed by atoms with van der Waals surface area (Å²) < 4.78 is 9.94. The Labute approximate surface area is 112 Å². The summed E-state index contributed by atoms with van der Waals surface area (Å²) in [7, 11) is 1.60. The van der Waals surface area contributed by atoms with Crippen LogP contribution in [-0.2, 0) is 14.3 Å². The molecule has 0 unspecified atom stereocenters. The topological polar surface area (TPSA) is 64.6 Å². The Bertz CT molecular complexity index is 509. The smallest absolute Gasteiger partial charge is 0.397 e. The maximum atomic E-state index is 11.6. The molecule has 19 heavy (non-hydrogen) atoms. The van der Waals surface area contributed by atoms with Crippen molar-refractivity contribution in [2.24, 2.45) is 0 Å². The van der Waals surface area contributed by atoms with E-state index in [4.69, 9.17) is 4.74 Å². The van der Waals surface area contributed by atoms with Gasteiger partial charge in [-0.25, -0.2) is 4.79 Å². The number of aryl methyl sites for hydroxylation is 1. The molecule has 0 saturated carbocycles. The lowest BCUT2D eigenvalue weighted by atomic mass is 10.0. The zero-order valence-corrected chi connectivity index (χ0v) is 11.9. The summed E-state index contributed by atoms with van der Waals surface area (Å²) >= 11 is 0. The molecule has 5 nitrogen and oxygen atoms in total. The van der Waals surface area contributed by atoms with Crippen LogP contribution in [0.15, 0.2) is 6.07 Å². The summed E-state index contributed by atoms with van der Waals surface area (Å²) in [5.74, 6) is -0.867. The molecule has 0 spiro atoms. The van der Waals surface area contributed by atoms with Crippen LogP contribution in [0.3, 0.4) is 0 Å². The van der Waals surface area contributed by atoms with E-state index in [1.165, 1.54) is 0 Å². The SMILES string of the molecule is CCOC(=O)C(=O)Nc1cc(C)c(OC)c(C)c1C. The van der Waals surface area contributed by atoms with E-state index in [0.717, 1.165) is 22.4 Å². The normalized spacial score (nSPS) is 9.95. The van der Waals surface area contributed by atoms with Crippen LogP contribution in [0.2, 0.25) is 0 Å². The van der Waals surface area contributed by atoms with Gasteiger partial charge < -0.3 is 14.8 Å². The molecule has 1 amide bonds. The Morgan fingerprint density at radius 3 is 2.37 bits per heavy atom. The van der Waals surface area contributed by atoms with Crippen LogP contribution in [0.4, 0.5) is 5.69 Å². The van der Waals surface area contributed by atoms with E-state index in [9.17, 15) is 9.59 Å². The summed E-state index contributed by atoms with van der Waals surface area (Å²) in [4.78, 5) is 22.9. The number of hydrogen-bond donors (Lipinski definition) is 1. The van der Waals surface area contributed by atoms with Crippen molar-refractivity contribution in [2.45, 2.75) is 27.7 Å². The van der Waals surface area contributed by atoms with E-state index in [0.29, 0.717) is 5.69 Å². The summed E-state index contributed by atoms with van der Waals surface area (Å²) in [6, 6.07) is 1.78. The Hall–Kier alpha value is -2.04. The molecule has 104 valence electrons. The van der Waals surface area contributed by atoms with Crippen molar-refractivity contribution >= 4 is 17.6 Å². The molecule has 1 N–H and O–H groups in total. The molecule has 0 saturated heterocycles. The minimum absolute atomic E-state index is 0.173. The number of hydrogen-bond acceptors (Lipinski definition) is 4. The third kappa shape index (κ3) is 3.24.